The molecule has 164 valence electrons. The number of amides is 1. The monoisotopic (exact) mass is 410 g/mol. The summed E-state index contributed by atoms with van der Waals surface area (Å²) in [6.07, 6.45) is 4.53. The smallest absolute Gasteiger partial charge is 0.252 e. The quantitative estimate of drug-likeness (QED) is 0.650. The van der Waals surface area contributed by atoms with Crippen LogP contribution in [0.2, 0.25) is 0 Å². The highest BCUT2D eigenvalue weighted by Crippen LogP contribution is 2.26. The van der Waals surface area contributed by atoms with Crippen LogP contribution in [0.15, 0.2) is 30.3 Å². The molecule has 0 saturated carbocycles. The fourth-order valence-electron chi connectivity index (χ4n) is 4.44. The third-order valence-electron chi connectivity index (χ3n) is 6.31. The van der Waals surface area contributed by atoms with Crippen molar-refractivity contribution < 1.29 is 4.79 Å². The molecule has 0 unspecified atom stereocenters. The summed E-state index contributed by atoms with van der Waals surface area (Å²) in [6, 6.07) is 10.1. The number of aromatic nitrogens is 1. The molecule has 1 fully saturated rings. The van der Waals surface area contributed by atoms with Gasteiger partial charge in [0.05, 0.1) is 11.1 Å². The van der Waals surface area contributed by atoms with Crippen molar-refractivity contribution in [3.8, 4) is 0 Å². The van der Waals surface area contributed by atoms with E-state index in [-0.39, 0.29) is 11.9 Å². The second-order valence-electron chi connectivity index (χ2n) is 8.78. The molecule has 5 heteroatoms. The molecule has 1 aliphatic rings. The number of pyridine rings is 1. The molecular weight excluding hydrogens is 372 g/mol. The van der Waals surface area contributed by atoms with E-state index < -0.39 is 0 Å². The highest BCUT2D eigenvalue weighted by Gasteiger charge is 2.21. The Kier molecular flexibility index (Phi) is 8.08. The summed E-state index contributed by atoms with van der Waals surface area (Å²) in [4.78, 5) is 22.9. The first-order valence-corrected chi connectivity index (χ1v) is 11.7. The van der Waals surface area contributed by atoms with Gasteiger partial charge in [0.15, 0.2) is 0 Å². The normalized spacial score (nSPS) is 18.0. The van der Waals surface area contributed by atoms with E-state index in [1.807, 2.05) is 30.3 Å². The van der Waals surface area contributed by atoms with Crippen molar-refractivity contribution in [1.82, 2.24) is 15.2 Å². The second kappa shape index (κ2) is 10.8. The Morgan fingerprint density at radius 2 is 2.07 bits per heavy atom. The zero-order valence-electron chi connectivity index (χ0n) is 19.2. The Morgan fingerprint density at radius 1 is 1.30 bits per heavy atom. The standard InChI is InChI=1S/C25H38N4O/c1-5-28(6-2)15-10-12-20(4)26-25(30)22-17-24(29-16-9-11-19(3)18-29)27-23-14-8-7-13-21(22)23/h7-8,13-14,17,19-20H,5-6,9-12,15-16,18H2,1-4H3,(H,26,30)/t19-,20+/m1/s1. The maximum Gasteiger partial charge on any atom is 0.252 e. The van der Waals surface area contributed by atoms with Gasteiger partial charge in [0.2, 0.25) is 0 Å². The van der Waals surface area contributed by atoms with Gasteiger partial charge in [-0.05, 0) is 70.3 Å². The molecule has 2 atom stereocenters. The molecule has 3 rings (SSSR count). The van der Waals surface area contributed by atoms with Gasteiger partial charge in [-0.1, -0.05) is 39.0 Å². The van der Waals surface area contributed by atoms with E-state index in [4.69, 9.17) is 4.98 Å². The van der Waals surface area contributed by atoms with E-state index in [1.54, 1.807) is 0 Å². The maximum absolute atomic E-state index is 13.2. The Hall–Kier alpha value is -2.14. The van der Waals surface area contributed by atoms with Crippen molar-refractivity contribution >= 4 is 22.6 Å². The largest absolute Gasteiger partial charge is 0.356 e. The van der Waals surface area contributed by atoms with E-state index in [1.165, 1.54) is 12.8 Å². The first-order chi connectivity index (χ1) is 14.5. The summed E-state index contributed by atoms with van der Waals surface area (Å²) in [5.74, 6) is 1.60. The number of fused-ring (bicyclic) bond motifs is 1. The number of carbonyl (C=O) groups excluding carboxylic acids is 1. The number of benzene rings is 1. The number of hydrogen-bond donors (Lipinski definition) is 1. The van der Waals surface area contributed by atoms with E-state index in [0.29, 0.717) is 5.92 Å². The zero-order valence-corrected chi connectivity index (χ0v) is 19.2. The number of nitrogens with one attached hydrogen (secondary N) is 1. The number of para-hydroxylation sites is 1. The predicted molar refractivity (Wildman–Crippen MR) is 126 cm³/mol. The molecule has 0 aliphatic carbocycles. The van der Waals surface area contributed by atoms with Crippen molar-refractivity contribution in [2.75, 3.05) is 37.6 Å². The van der Waals surface area contributed by atoms with Crippen LogP contribution >= 0.6 is 0 Å². The lowest BCUT2D eigenvalue weighted by Crippen LogP contribution is -2.36. The summed E-state index contributed by atoms with van der Waals surface area (Å²) in [5, 5.41) is 4.16. The summed E-state index contributed by atoms with van der Waals surface area (Å²) >= 11 is 0. The molecule has 1 saturated heterocycles. The zero-order chi connectivity index (χ0) is 21.5. The average Bonchev–Trinajstić information content (AvgIpc) is 2.76. The Labute approximate surface area is 181 Å². The van der Waals surface area contributed by atoms with Gasteiger partial charge in [0.25, 0.3) is 5.91 Å². The molecule has 1 aromatic heterocycles. The molecule has 0 spiro atoms. The number of rotatable bonds is 9. The van der Waals surface area contributed by atoms with Crippen LogP contribution in [0.25, 0.3) is 10.9 Å². The van der Waals surface area contributed by atoms with Gasteiger partial charge in [-0.2, -0.15) is 0 Å². The van der Waals surface area contributed by atoms with Gasteiger partial charge >= 0.3 is 0 Å². The lowest BCUT2D eigenvalue weighted by atomic mass is 10.00. The van der Waals surface area contributed by atoms with E-state index in [2.05, 4.69) is 42.8 Å². The van der Waals surface area contributed by atoms with Gasteiger partial charge in [-0.25, -0.2) is 4.98 Å². The minimum absolute atomic E-state index is 0.00949. The second-order valence-corrected chi connectivity index (χ2v) is 8.78. The van der Waals surface area contributed by atoms with Gasteiger partial charge in [-0.3, -0.25) is 4.79 Å². The molecule has 1 N–H and O–H groups in total. The summed E-state index contributed by atoms with van der Waals surface area (Å²) < 4.78 is 0. The molecule has 0 bridgehead atoms. The molecule has 0 radical (unpaired) electrons. The van der Waals surface area contributed by atoms with Crippen LogP contribution in [0.5, 0.6) is 0 Å². The van der Waals surface area contributed by atoms with E-state index >= 15 is 0 Å². The van der Waals surface area contributed by atoms with E-state index in [0.717, 1.165) is 67.8 Å². The van der Waals surface area contributed by atoms with Crippen molar-refractivity contribution in [2.24, 2.45) is 5.92 Å². The summed E-state index contributed by atoms with van der Waals surface area (Å²) in [5.41, 5.74) is 1.64. The topological polar surface area (TPSA) is 48.5 Å². The number of nitrogens with zero attached hydrogens (tertiary/aromatic N) is 3. The number of anilines is 1. The van der Waals surface area contributed by atoms with Crippen LogP contribution in [-0.4, -0.2) is 54.6 Å². The highest BCUT2D eigenvalue weighted by atomic mass is 16.1. The van der Waals surface area contributed by atoms with Crippen LogP contribution < -0.4 is 10.2 Å². The molecule has 1 aromatic carbocycles. The minimum Gasteiger partial charge on any atom is -0.356 e. The predicted octanol–water partition coefficient (Wildman–Crippen LogP) is 4.71. The van der Waals surface area contributed by atoms with Crippen molar-refractivity contribution in [2.45, 2.75) is 59.4 Å². The van der Waals surface area contributed by atoms with Crippen molar-refractivity contribution in [3.05, 3.63) is 35.9 Å². The molecule has 30 heavy (non-hydrogen) atoms. The van der Waals surface area contributed by atoms with Crippen molar-refractivity contribution in [1.29, 1.82) is 0 Å². The molecule has 2 aromatic rings. The van der Waals surface area contributed by atoms with Crippen LogP contribution in [0.4, 0.5) is 5.82 Å². The Morgan fingerprint density at radius 3 is 2.80 bits per heavy atom. The summed E-state index contributed by atoms with van der Waals surface area (Å²) in [7, 11) is 0. The lowest BCUT2D eigenvalue weighted by Gasteiger charge is -2.32. The molecule has 1 amide bonds. The van der Waals surface area contributed by atoms with Crippen LogP contribution in [-0.2, 0) is 0 Å². The molecular formula is C25H38N4O. The number of piperidine rings is 1. The Balaban J connectivity index is 1.74. The third kappa shape index (κ3) is 5.72. The SMILES string of the molecule is CCN(CC)CCC[C@H](C)NC(=O)c1cc(N2CCC[C@@H](C)C2)nc2ccccc12. The molecule has 5 nitrogen and oxygen atoms in total. The number of carbonyl (C=O) groups is 1. The highest BCUT2D eigenvalue weighted by molar-refractivity contribution is 6.07. The first-order valence-electron chi connectivity index (χ1n) is 11.7. The molecule has 2 heterocycles. The fraction of sp³-hybridized carbons (Fsp3) is 0.600. The van der Waals surface area contributed by atoms with Crippen LogP contribution in [0, 0.1) is 5.92 Å². The lowest BCUT2D eigenvalue weighted by molar-refractivity contribution is 0.0939. The average molecular weight is 411 g/mol. The van der Waals surface area contributed by atoms with Gasteiger partial charge in [0.1, 0.15) is 5.82 Å². The van der Waals surface area contributed by atoms with Gasteiger partial charge in [-0.15, -0.1) is 0 Å². The fourth-order valence-corrected chi connectivity index (χ4v) is 4.44. The van der Waals surface area contributed by atoms with Crippen LogP contribution in [0.3, 0.4) is 0 Å². The summed E-state index contributed by atoms with van der Waals surface area (Å²) in [6.45, 7) is 14.1. The minimum atomic E-state index is 0.00949. The number of hydrogen-bond acceptors (Lipinski definition) is 4. The van der Waals surface area contributed by atoms with Crippen LogP contribution in [0.1, 0.15) is 63.7 Å². The van der Waals surface area contributed by atoms with Crippen molar-refractivity contribution in [3.63, 3.8) is 0 Å². The maximum atomic E-state index is 13.2. The first kappa shape index (κ1) is 22.5. The Bertz CT molecular complexity index is 833. The van der Waals surface area contributed by atoms with Gasteiger partial charge in [0, 0.05) is 24.5 Å². The molecule has 1 aliphatic heterocycles. The van der Waals surface area contributed by atoms with Gasteiger partial charge < -0.3 is 15.1 Å². The third-order valence-corrected chi connectivity index (χ3v) is 6.31. The van der Waals surface area contributed by atoms with E-state index in [9.17, 15) is 4.79 Å².